The number of carbonyl (C=O) groups is 1. The van der Waals surface area contributed by atoms with Gasteiger partial charge in [-0.3, -0.25) is 4.79 Å². The van der Waals surface area contributed by atoms with Crippen LogP contribution in [0.25, 0.3) is 0 Å². The number of amides is 1. The lowest BCUT2D eigenvalue weighted by atomic mass is 9.94. The highest BCUT2D eigenvalue weighted by Gasteiger charge is 2.20. The third kappa shape index (κ3) is 3.03. The van der Waals surface area contributed by atoms with Gasteiger partial charge in [-0.05, 0) is 36.2 Å². The Balaban J connectivity index is 0.00000147. The molecule has 0 saturated heterocycles. The molecule has 1 amide bonds. The Labute approximate surface area is 124 Å². The highest BCUT2D eigenvalue weighted by atomic mass is 35.5. The smallest absolute Gasteiger partial charge is 0.287 e. The van der Waals surface area contributed by atoms with Crippen LogP contribution in [-0.2, 0) is 6.42 Å². The van der Waals surface area contributed by atoms with E-state index >= 15 is 0 Å². The van der Waals surface area contributed by atoms with Gasteiger partial charge >= 0.3 is 0 Å². The van der Waals surface area contributed by atoms with Crippen molar-refractivity contribution in [2.24, 2.45) is 0 Å². The molecule has 1 aliphatic heterocycles. The first-order chi connectivity index (χ1) is 9.34. The van der Waals surface area contributed by atoms with Crippen molar-refractivity contribution in [2.45, 2.75) is 12.5 Å². The second-order valence-electron chi connectivity index (χ2n) is 4.64. The molecule has 0 saturated carbocycles. The SMILES string of the molecule is Cl.O=C(NCC1NCCc2ccccc21)c1ccco1. The van der Waals surface area contributed by atoms with Crippen LogP contribution in [-0.4, -0.2) is 19.0 Å². The van der Waals surface area contributed by atoms with Crippen LogP contribution in [0, 0.1) is 0 Å². The summed E-state index contributed by atoms with van der Waals surface area (Å²) >= 11 is 0. The van der Waals surface area contributed by atoms with Gasteiger partial charge in [0.05, 0.1) is 6.26 Å². The Kier molecular flexibility index (Phi) is 4.82. The van der Waals surface area contributed by atoms with E-state index in [0.717, 1.165) is 13.0 Å². The van der Waals surface area contributed by atoms with Gasteiger partial charge in [0.2, 0.25) is 0 Å². The van der Waals surface area contributed by atoms with E-state index in [1.165, 1.54) is 17.4 Å². The Morgan fingerprint density at radius 3 is 2.95 bits per heavy atom. The summed E-state index contributed by atoms with van der Waals surface area (Å²) in [4.78, 5) is 11.8. The molecule has 0 spiro atoms. The summed E-state index contributed by atoms with van der Waals surface area (Å²) in [5.41, 5.74) is 2.63. The van der Waals surface area contributed by atoms with Crippen LogP contribution in [0.2, 0.25) is 0 Å². The van der Waals surface area contributed by atoms with E-state index in [9.17, 15) is 4.79 Å². The third-order valence-electron chi connectivity index (χ3n) is 3.43. The quantitative estimate of drug-likeness (QED) is 0.913. The van der Waals surface area contributed by atoms with Crippen LogP contribution in [0.1, 0.15) is 27.7 Å². The van der Waals surface area contributed by atoms with Crippen LogP contribution in [0.5, 0.6) is 0 Å². The average Bonchev–Trinajstić information content (AvgIpc) is 2.99. The van der Waals surface area contributed by atoms with Gasteiger partial charge in [0, 0.05) is 12.6 Å². The van der Waals surface area contributed by atoms with Crippen LogP contribution >= 0.6 is 12.4 Å². The topological polar surface area (TPSA) is 54.3 Å². The van der Waals surface area contributed by atoms with Gasteiger partial charge in [-0.2, -0.15) is 0 Å². The molecule has 1 atom stereocenters. The largest absolute Gasteiger partial charge is 0.459 e. The molecule has 4 nitrogen and oxygen atoms in total. The monoisotopic (exact) mass is 292 g/mol. The summed E-state index contributed by atoms with van der Waals surface area (Å²) < 4.78 is 5.07. The highest BCUT2D eigenvalue weighted by Crippen LogP contribution is 2.21. The summed E-state index contributed by atoms with van der Waals surface area (Å²) in [6.07, 6.45) is 2.54. The summed E-state index contributed by atoms with van der Waals surface area (Å²) in [5.74, 6) is 0.180. The van der Waals surface area contributed by atoms with E-state index in [1.807, 2.05) is 6.07 Å². The number of hydrogen-bond donors (Lipinski definition) is 2. The fraction of sp³-hybridized carbons (Fsp3) is 0.267. The van der Waals surface area contributed by atoms with Crippen molar-refractivity contribution in [3.05, 3.63) is 59.5 Å². The van der Waals surface area contributed by atoms with Crippen molar-refractivity contribution in [2.75, 3.05) is 13.1 Å². The van der Waals surface area contributed by atoms with E-state index < -0.39 is 0 Å². The molecule has 1 aromatic carbocycles. The number of hydrogen-bond acceptors (Lipinski definition) is 3. The number of rotatable bonds is 3. The normalized spacial score (nSPS) is 16.9. The first-order valence-corrected chi connectivity index (χ1v) is 6.47. The first kappa shape index (κ1) is 14.6. The van der Waals surface area contributed by atoms with E-state index in [-0.39, 0.29) is 24.4 Å². The van der Waals surface area contributed by atoms with Crippen molar-refractivity contribution >= 4 is 18.3 Å². The maximum Gasteiger partial charge on any atom is 0.287 e. The molecule has 20 heavy (non-hydrogen) atoms. The zero-order valence-corrected chi connectivity index (χ0v) is 11.8. The lowest BCUT2D eigenvalue weighted by molar-refractivity contribution is 0.0921. The van der Waals surface area contributed by atoms with Gasteiger partial charge in [-0.25, -0.2) is 0 Å². The molecule has 2 N–H and O–H groups in total. The second-order valence-corrected chi connectivity index (χ2v) is 4.64. The van der Waals surface area contributed by atoms with E-state index in [2.05, 4.69) is 28.8 Å². The van der Waals surface area contributed by atoms with Crippen LogP contribution in [0.4, 0.5) is 0 Å². The summed E-state index contributed by atoms with van der Waals surface area (Å²) in [5, 5.41) is 6.33. The Morgan fingerprint density at radius 1 is 1.30 bits per heavy atom. The fourth-order valence-electron chi connectivity index (χ4n) is 2.46. The minimum absolute atomic E-state index is 0. The minimum Gasteiger partial charge on any atom is -0.459 e. The molecular formula is C15H17ClN2O2. The van der Waals surface area contributed by atoms with Crippen molar-refractivity contribution in [1.29, 1.82) is 0 Å². The maximum atomic E-state index is 11.8. The molecular weight excluding hydrogens is 276 g/mol. The van der Waals surface area contributed by atoms with Crippen molar-refractivity contribution < 1.29 is 9.21 Å². The highest BCUT2D eigenvalue weighted by molar-refractivity contribution is 5.91. The Morgan fingerprint density at radius 2 is 2.15 bits per heavy atom. The molecule has 106 valence electrons. The van der Waals surface area contributed by atoms with Crippen LogP contribution in [0.15, 0.2) is 47.1 Å². The number of furan rings is 1. The van der Waals surface area contributed by atoms with Crippen molar-refractivity contribution in [3.8, 4) is 0 Å². The molecule has 1 aliphatic rings. The number of nitrogens with one attached hydrogen (secondary N) is 2. The molecule has 1 aromatic heterocycles. The van der Waals surface area contributed by atoms with E-state index in [4.69, 9.17) is 4.42 Å². The van der Waals surface area contributed by atoms with Gasteiger partial charge in [0.25, 0.3) is 5.91 Å². The molecule has 2 heterocycles. The number of benzene rings is 1. The predicted octanol–water partition coefficient (Wildman–Crippen LogP) is 2.32. The second kappa shape index (κ2) is 6.59. The molecule has 2 aromatic rings. The van der Waals surface area contributed by atoms with Gasteiger partial charge in [0.15, 0.2) is 5.76 Å². The van der Waals surface area contributed by atoms with Crippen LogP contribution < -0.4 is 10.6 Å². The number of halogens is 1. The molecule has 1 unspecified atom stereocenters. The zero-order valence-electron chi connectivity index (χ0n) is 11.0. The molecule has 0 fully saturated rings. The van der Waals surface area contributed by atoms with E-state index in [0.29, 0.717) is 12.3 Å². The summed E-state index contributed by atoms with van der Waals surface area (Å²) in [7, 11) is 0. The first-order valence-electron chi connectivity index (χ1n) is 6.47. The predicted molar refractivity (Wildman–Crippen MR) is 79.2 cm³/mol. The number of fused-ring (bicyclic) bond motifs is 1. The van der Waals surface area contributed by atoms with Crippen molar-refractivity contribution in [3.63, 3.8) is 0 Å². The standard InChI is InChI=1S/C15H16N2O2.ClH/c18-15(14-6-3-9-19-14)17-10-13-12-5-2-1-4-11(12)7-8-16-13;/h1-6,9,13,16H,7-8,10H2,(H,17,18);1H. The number of carbonyl (C=O) groups excluding carboxylic acids is 1. The lowest BCUT2D eigenvalue weighted by Gasteiger charge is -2.26. The average molecular weight is 293 g/mol. The zero-order chi connectivity index (χ0) is 13.1. The molecule has 5 heteroatoms. The molecule has 0 aliphatic carbocycles. The molecule has 3 rings (SSSR count). The fourth-order valence-corrected chi connectivity index (χ4v) is 2.46. The van der Waals surface area contributed by atoms with Gasteiger partial charge < -0.3 is 15.1 Å². The maximum absolute atomic E-state index is 11.8. The lowest BCUT2D eigenvalue weighted by Crippen LogP contribution is -2.38. The Bertz CT molecular complexity index is 569. The third-order valence-corrected chi connectivity index (χ3v) is 3.43. The summed E-state index contributed by atoms with van der Waals surface area (Å²) in [6.45, 7) is 1.51. The van der Waals surface area contributed by atoms with Gasteiger partial charge in [-0.15, -0.1) is 12.4 Å². The summed E-state index contributed by atoms with van der Waals surface area (Å²) in [6, 6.07) is 11.9. The Hall–Kier alpha value is -1.78. The molecule has 0 radical (unpaired) electrons. The van der Waals surface area contributed by atoms with Gasteiger partial charge in [-0.1, -0.05) is 24.3 Å². The van der Waals surface area contributed by atoms with E-state index in [1.54, 1.807) is 12.1 Å². The minimum atomic E-state index is -0.171. The van der Waals surface area contributed by atoms with Crippen LogP contribution in [0.3, 0.4) is 0 Å². The van der Waals surface area contributed by atoms with Gasteiger partial charge in [0.1, 0.15) is 0 Å². The van der Waals surface area contributed by atoms with Crippen molar-refractivity contribution in [1.82, 2.24) is 10.6 Å². The molecule has 0 bridgehead atoms.